The van der Waals surface area contributed by atoms with Crippen molar-refractivity contribution in [2.24, 2.45) is 0 Å². The Labute approximate surface area is 303 Å². The summed E-state index contributed by atoms with van der Waals surface area (Å²) in [6.45, 7) is 2.17. The largest absolute Gasteiger partial charge is 1.00 e. The molecule has 0 radical (unpaired) electrons. The third-order valence-corrected chi connectivity index (χ3v) is 9.69. The number of hydrogen-bond acceptors (Lipinski definition) is 6. The van der Waals surface area contributed by atoms with Crippen molar-refractivity contribution in [2.45, 2.75) is 108 Å². The van der Waals surface area contributed by atoms with E-state index >= 15 is 0 Å². The van der Waals surface area contributed by atoms with Gasteiger partial charge >= 0.3 is 29.6 Å². The summed E-state index contributed by atoms with van der Waals surface area (Å²) in [4.78, 5) is 27.9. The number of nitrogens with zero attached hydrogens (tertiary/aromatic N) is 1. The molecule has 0 aliphatic rings. The fourth-order valence-corrected chi connectivity index (χ4v) is 6.67. The minimum absolute atomic E-state index is 0. The summed E-state index contributed by atoms with van der Waals surface area (Å²) in [6, 6.07) is 19.3. The molecule has 1 unspecified atom stereocenters. The van der Waals surface area contributed by atoms with Crippen LogP contribution in [0, 0.1) is 0 Å². The van der Waals surface area contributed by atoms with E-state index in [-0.39, 0.29) is 60.4 Å². The molecular weight excluding hydrogens is 623 g/mol. The molecule has 0 heterocycles. The van der Waals surface area contributed by atoms with Gasteiger partial charge in [-0.25, -0.2) is 8.42 Å². The summed E-state index contributed by atoms with van der Waals surface area (Å²) in [6.07, 6.45) is 16.1. The molecule has 2 N–H and O–H groups in total. The number of benzene rings is 3. The number of rotatable bonds is 22. The minimum Gasteiger partial charge on any atom is -0.747 e. The van der Waals surface area contributed by atoms with Crippen LogP contribution in [0.2, 0.25) is 0 Å². The summed E-state index contributed by atoms with van der Waals surface area (Å²) in [5.41, 5.74) is 0.649. The molecule has 10 heteroatoms. The zero-order chi connectivity index (χ0) is 33.2. The van der Waals surface area contributed by atoms with Crippen LogP contribution < -0.4 is 39.8 Å². The van der Waals surface area contributed by atoms with E-state index in [1.807, 2.05) is 18.2 Å². The van der Waals surface area contributed by atoms with Crippen LogP contribution in [0.3, 0.4) is 0 Å². The van der Waals surface area contributed by atoms with Gasteiger partial charge in [0.15, 0.2) is 0 Å². The van der Waals surface area contributed by atoms with Gasteiger partial charge in [-0.15, -0.1) is 0 Å². The first kappa shape index (κ1) is 40.7. The fourth-order valence-electron chi connectivity index (χ4n) is 5.86. The number of nitrogens with one attached hydrogen (secondary N) is 1. The van der Waals surface area contributed by atoms with Gasteiger partial charge in [-0.1, -0.05) is 145 Å². The van der Waals surface area contributed by atoms with Crippen molar-refractivity contribution in [3.63, 3.8) is 0 Å². The molecule has 3 rings (SSSR count). The molecule has 1 atom stereocenters. The van der Waals surface area contributed by atoms with Gasteiger partial charge in [-0.2, -0.15) is 0 Å². The summed E-state index contributed by atoms with van der Waals surface area (Å²) in [5.74, 6) is -1.46. The SMILES string of the molecule is CCCCCCCCCCCCCCCCC(C(=O)NCCN(C(=O)c1ccc2ccccc2c1O)c1ccccc1)S(=O)(=O)[O-].[Na+]. The maximum Gasteiger partial charge on any atom is 1.00 e. The van der Waals surface area contributed by atoms with Crippen LogP contribution in [0.4, 0.5) is 5.69 Å². The van der Waals surface area contributed by atoms with Crippen molar-refractivity contribution in [2.75, 3.05) is 18.0 Å². The molecule has 0 fully saturated rings. The third-order valence-electron chi connectivity index (χ3n) is 8.54. The average Bonchev–Trinajstić information content (AvgIpc) is 3.04. The van der Waals surface area contributed by atoms with Gasteiger partial charge < -0.3 is 19.9 Å². The average molecular weight is 675 g/mol. The van der Waals surface area contributed by atoms with Gasteiger partial charge in [0.25, 0.3) is 5.91 Å². The molecule has 0 bridgehead atoms. The molecule has 0 saturated heterocycles. The number of para-hydroxylation sites is 1. The van der Waals surface area contributed by atoms with Crippen LogP contribution in [0.1, 0.15) is 114 Å². The van der Waals surface area contributed by atoms with Crippen LogP contribution in [-0.2, 0) is 14.9 Å². The normalized spacial score (nSPS) is 12.0. The smallest absolute Gasteiger partial charge is 0.747 e. The van der Waals surface area contributed by atoms with Crippen molar-refractivity contribution >= 4 is 38.4 Å². The van der Waals surface area contributed by atoms with Gasteiger partial charge in [0.2, 0.25) is 5.91 Å². The monoisotopic (exact) mass is 674 g/mol. The van der Waals surface area contributed by atoms with Crippen molar-refractivity contribution in [1.29, 1.82) is 0 Å². The molecule has 47 heavy (non-hydrogen) atoms. The van der Waals surface area contributed by atoms with Crippen LogP contribution in [0.5, 0.6) is 5.75 Å². The number of aromatic hydroxyl groups is 1. The van der Waals surface area contributed by atoms with E-state index in [1.54, 1.807) is 48.5 Å². The molecule has 8 nitrogen and oxygen atoms in total. The predicted molar refractivity (Wildman–Crippen MR) is 185 cm³/mol. The number of phenols is 1. The predicted octanol–water partition coefficient (Wildman–Crippen LogP) is 5.10. The molecule has 0 aromatic heterocycles. The maximum atomic E-state index is 13.6. The molecule has 0 saturated carbocycles. The Bertz CT molecular complexity index is 1470. The molecular formula is C37H51N2NaO6S. The Morgan fingerprint density at radius 1 is 0.766 bits per heavy atom. The number of anilines is 1. The quantitative estimate of drug-likeness (QED) is 0.0868. The molecule has 0 spiro atoms. The summed E-state index contributed by atoms with van der Waals surface area (Å²) < 4.78 is 36.0. The zero-order valence-corrected chi connectivity index (χ0v) is 31.1. The Kier molecular flexibility index (Phi) is 19.3. The Hall–Kier alpha value is -2.43. The van der Waals surface area contributed by atoms with Crippen molar-refractivity contribution in [3.8, 4) is 5.75 Å². The number of phenolic OH excluding ortho intramolecular Hbond substituents is 1. The number of fused-ring (bicyclic) bond motifs is 1. The van der Waals surface area contributed by atoms with Gasteiger partial charge in [0, 0.05) is 24.2 Å². The van der Waals surface area contributed by atoms with Crippen LogP contribution in [-0.4, -0.2) is 48.2 Å². The maximum absolute atomic E-state index is 13.6. The first-order chi connectivity index (χ1) is 22.2. The van der Waals surface area contributed by atoms with Crippen LogP contribution in [0.25, 0.3) is 10.8 Å². The van der Waals surface area contributed by atoms with Gasteiger partial charge in [-0.05, 0) is 30.0 Å². The Balaban J connectivity index is 0.00000768. The van der Waals surface area contributed by atoms with E-state index in [4.69, 9.17) is 0 Å². The summed E-state index contributed by atoms with van der Waals surface area (Å²) >= 11 is 0. The van der Waals surface area contributed by atoms with E-state index in [0.29, 0.717) is 17.5 Å². The second kappa shape index (κ2) is 22.3. The van der Waals surface area contributed by atoms with Crippen LogP contribution in [0.15, 0.2) is 66.7 Å². The van der Waals surface area contributed by atoms with Crippen molar-refractivity contribution < 1.29 is 57.2 Å². The van der Waals surface area contributed by atoms with E-state index in [1.165, 1.54) is 62.7 Å². The van der Waals surface area contributed by atoms with Gasteiger partial charge in [0.05, 0.1) is 5.56 Å². The van der Waals surface area contributed by atoms with Crippen LogP contribution >= 0.6 is 0 Å². The summed E-state index contributed by atoms with van der Waals surface area (Å²) in [7, 11) is -4.85. The van der Waals surface area contributed by atoms with E-state index in [0.717, 1.165) is 31.1 Å². The summed E-state index contributed by atoms with van der Waals surface area (Å²) in [5, 5.41) is 13.1. The fraction of sp³-hybridized carbons (Fsp3) is 0.514. The number of carbonyl (C=O) groups excluding carboxylic acids is 2. The molecule has 0 aliphatic carbocycles. The van der Waals surface area contributed by atoms with Gasteiger partial charge in [0.1, 0.15) is 21.1 Å². The van der Waals surface area contributed by atoms with E-state index < -0.39 is 27.2 Å². The molecule has 0 aliphatic heterocycles. The number of hydrogen-bond donors (Lipinski definition) is 2. The molecule has 3 aromatic rings. The second-order valence-corrected chi connectivity index (χ2v) is 13.7. The topological polar surface area (TPSA) is 127 Å². The van der Waals surface area contributed by atoms with Crippen molar-refractivity contribution in [1.82, 2.24) is 5.32 Å². The third kappa shape index (κ3) is 13.9. The standard InChI is InChI=1S/C37H52N2O6S.Na/c1-2-3-4-5-6-7-8-9-10-11-12-13-14-18-25-34(46(43,44)45)36(41)38-28-29-39(31-22-16-15-17-23-31)37(42)33-27-26-30-21-19-20-24-32(30)35(33)40;/h15-17,19-24,26-27,34,40H,2-14,18,25,28-29H2,1H3,(H,38,41)(H,43,44,45);/q;+1/p-1. The first-order valence-corrected chi connectivity index (χ1v) is 18.5. The molecule has 2 amide bonds. The number of unbranched alkanes of at least 4 members (excludes halogenated alkanes) is 13. The number of amides is 2. The minimum atomic E-state index is -4.85. The molecule has 252 valence electrons. The van der Waals surface area contributed by atoms with E-state index in [9.17, 15) is 27.7 Å². The second-order valence-electron chi connectivity index (χ2n) is 12.1. The Morgan fingerprint density at radius 2 is 1.30 bits per heavy atom. The van der Waals surface area contributed by atoms with Gasteiger partial charge in [-0.3, -0.25) is 9.59 Å². The van der Waals surface area contributed by atoms with Crippen molar-refractivity contribution in [3.05, 3.63) is 72.3 Å². The van der Waals surface area contributed by atoms with E-state index in [2.05, 4.69) is 12.2 Å². The molecule has 3 aromatic carbocycles. The zero-order valence-electron chi connectivity index (χ0n) is 28.3. The number of carbonyl (C=O) groups is 2. The first-order valence-electron chi connectivity index (χ1n) is 17.0. The Morgan fingerprint density at radius 3 is 1.87 bits per heavy atom.